The first kappa shape index (κ1) is 18.4. The van der Waals surface area contributed by atoms with Gasteiger partial charge in [-0.15, -0.1) is 0 Å². The Balaban J connectivity index is 1.96. The quantitative estimate of drug-likeness (QED) is 0.752. The van der Waals surface area contributed by atoms with Crippen LogP contribution in [0.2, 0.25) is 0 Å². The zero-order valence-corrected chi connectivity index (χ0v) is 14.4. The van der Waals surface area contributed by atoms with Crippen LogP contribution in [0.3, 0.4) is 0 Å². The molecule has 8 heteroatoms. The van der Waals surface area contributed by atoms with Crippen LogP contribution in [0.25, 0.3) is 0 Å². The third kappa shape index (κ3) is 4.56. The van der Waals surface area contributed by atoms with Crippen molar-refractivity contribution >= 4 is 11.9 Å². The maximum absolute atomic E-state index is 12.2. The van der Waals surface area contributed by atoms with Crippen molar-refractivity contribution in [3.05, 3.63) is 41.5 Å². The second kappa shape index (κ2) is 7.78. The molecule has 8 nitrogen and oxygen atoms in total. The summed E-state index contributed by atoms with van der Waals surface area (Å²) in [7, 11) is 0. The smallest absolute Gasteiger partial charge is 0.329 e. The third-order valence-electron chi connectivity index (χ3n) is 3.87. The molecule has 0 bridgehead atoms. The Morgan fingerprint density at radius 1 is 1.28 bits per heavy atom. The monoisotopic (exact) mass is 347 g/mol. The summed E-state index contributed by atoms with van der Waals surface area (Å²) in [6, 6.07) is 6.38. The van der Waals surface area contributed by atoms with Gasteiger partial charge in [0, 0.05) is 12.0 Å². The molecule has 1 heterocycles. The fraction of sp³-hybridized carbons (Fsp3) is 0.412. The van der Waals surface area contributed by atoms with Crippen LogP contribution in [-0.4, -0.2) is 32.7 Å². The molecule has 2 aromatic rings. The largest absolute Gasteiger partial charge is 0.485 e. The normalized spacial score (nSPS) is 13.1. The van der Waals surface area contributed by atoms with Crippen molar-refractivity contribution in [1.82, 2.24) is 15.5 Å². The van der Waals surface area contributed by atoms with Gasteiger partial charge in [-0.25, -0.2) is 4.79 Å². The molecule has 1 unspecified atom stereocenters. The van der Waals surface area contributed by atoms with Crippen molar-refractivity contribution < 1.29 is 24.0 Å². The lowest BCUT2D eigenvalue weighted by Crippen LogP contribution is -2.51. The van der Waals surface area contributed by atoms with E-state index in [1.54, 1.807) is 31.2 Å². The Bertz CT molecular complexity index is 741. The van der Waals surface area contributed by atoms with Gasteiger partial charge in [0.05, 0.1) is 0 Å². The van der Waals surface area contributed by atoms with Crippen LogP contribution in [-0.2, 0) is 17.8 Å². The van der Waals surface area contributed by atoms with Crippen molar-refractivity contribution in [2.75, 3.05) is 0 Å². The summed E-state index contributed by atoms with van der Waals surface area (Å²) in [5, 5.41) is 15.5. The maximum atomic E-state index is 12.2. The standard InChI is InChI=1S/C17H21N3O5/c1-4-14-18-13(20-25-14)10-24-12-8-6-11(7-9-12)15(21)19-17(3,5-2)16(22)23/h6-9H,4-5,10H2,1-3H3,(H,19,21)(H,22,23). The van der Waals surface area contributed by atoms with Crippen LogP contribution in [0.1, 0.15) is 49.3 Å². The first-order valence-electron chi connectivity index (χ1n) is 7.98. The number of carbonyl (C=O) groups is 2. The first-order chi connectivity index (χ1) is 11.9. The van der Waals surface area contributed by atoms with E-state index in [-0.39, 0.29) is 13.0 Å². The molecule has 1 aromatic heterocycles. The minimum Gasteiger partial charge on any atom is -0.485 e. The van der Waals surface area contributed by atoms with Crippen LogP contribution in [0.15, 0.2) is 28.8 Å². The lowest BCUT2D eigenvalue weighted by Gasteiger charge is -2.24. The molecule has 25 heavy (non-hydrogen) atoms. The van der Waals surface area contributed by atoms with Gasteiger partial charge in [-0.05, 0) is 37.6 Å². The topological polar surface area (TPSA) is 115 Å². The molecule has 0 radical (unpaired) electrons. The molecule has 1 atom stereocenters. The number of amides is 1. The minimum atomic E-state index is -1.30. The van der Waals surface area contributed by atoms with E-state index in [0.29, 0.717) is 29.4 Å². The summed E-state index contributed by atoms with van der Waals surface area (Å²) >= 11 is 0. The van der Waals surface area contributed by atoms with Crippen molar-refractivity contribution in [2.24, 2.45) is 0 Å². The number of carboxylic acid groups (broad SMARTS) is 1. The molecule has 0 aliphatic rings. The zero-order valence-electron chi connectivity index (χ0n) is 14.4. The number of rotatable bonds is 8. The number of ether oxygens (including phenoxy) is 1. The van der Waals surface area contributed by atoms with Crippen LogP contribution in [0, 0.1) is 0 Å². The fourth-order valence-corrected chi connectivity index (χ4v) is 1.96. The zero-order chi connectivity index (χ0) is 18.4. The summed E-state index contributed by atoms with van der Waals surface area (Å²) in [5.41, 5.74) is -0.955. The minimum absolute atomic E-state index is 0.155. The van der Waals surface area contributed by atoms with E-state index < -0.39 is 17.4 Å². The number of hydrogen-bond donors (Lipinski definition) is 2. The Kier molecular flexibility index (Phi) is 5.74. The van der Waals surface area contributed by atoms with Gasteiger partial charge in [0.15, 0.2) is 6.61 Å². The number of aryl methyl sites for hydroxylation is 1. The highest BCUT2D eigenvalue weighted by molar-refractivity contribution is 5.97. The van der Waals surface area contributed by atoms with Crippen molar-refractivity contribution in [3.63, 3.8) is 0 Å². The Labute approximate surface area is 145 Å². The van der Waals surface area contributed by atoms with Crippen LogP contribution >= 0.6 is 0 Å². The Morgan fingerprint density at radius 3 is 2.48 bits per heavy atom. The number of carboxylic acids is 1. The van der Waals surface area contributed by atoms with E-state index >= 15 is 0 Å². The molecule has 0 saturated carbocycles. The van der Waals surface area contributed by atoms with Gasteiger partial charge in [0.2, 0.25) is 11.7 Å². The summed E-state index contributed by atoms with van der Waals surface area (Å²) in [6.45, 7) is 5.24. The predicted molar refractivity (Wildman–Crippen MR) is 88.2 cm³/mol. The lowest BCUT2D eigenvalue weighted by molar-refractivity contribution is -0.143. The second-order valence-electron chi connectivity index (χ2n) is 5.72. The van der Waals surface area contributed by atoms with Gasteiger partial charge in [-0.2, -0.15) is 4.98 Å². The highest BCUT2D eigenvalue weighted by atomic mass is 16.5. The number of nitrogens with zero attached hydrogens (tertiary/aromatic N) is 2. The molecule has 0 aliphatic heterocycles. The van der Waals surface area contributed by atoms with Crippen molar-refractivity contribution in [3.8, 4) is 5.75 Å². The number of carbonyl (C=O) groups excluding carboxylic acids is 1. The number of aliphatic carboxylic acids is 1. The Hall–Kier alpha value is -2.90. The summed E-state index contributed by atoms with van der Waals surface area (Å²) in [5.74, 6) is -0.00308. The van der Waals surface area contributed by atoms with Gasteiger partial charge < -0.3 is 19.7 Å². The van der Waals surface area contributed by atoms with Crippen molar-refractivity contribution in [1.29, 1.82) is 0 Å². The molecule has 0 spiro atoms. The SMILES string of the molecule is CCc1nc(COc2ccc(C(=O)NC(C)(CC)C(=O)O)cc2)no1. The molecule has 0 aliphatic carbocycles. The second-order valence-corrected chi connectivity index (χ2v) is 5.72. The molecular formula is C17H21N3O5. The number of aromatic nitrogens is 2. The molecule has 0 saturated heterocycles. The lowest BCUT2D eigenvalue weighted by atomic mass is 9.98. The van der Waals surface area contributed by atoms with E-state index in [4.69, 9.17) is 9.26 Å². The average Bonchev–Trinajstić information content (AvgIpc) is 3.08. The van der Waals surface area contributed by atoms with Gasteiger partial charge in [0.25, 0.3) is 5.91 Å². The summed E-state index contributed by atoms with van der Waals surface area (Å²) < 4.78 is 10.5. The van der Waals surface area contributed by atoms with Gasteiger partial charge >= 0.3 is 5.97 Å². The fourth-order valence-electron chi connectivity index (χ4n) is 1.96. The first-order valence-corrected chi connectivity index (χ1v) is 7.98. The highest BCUT2D eigenvalue weighted by Gasteiger charge is 2.32. The third-order valence-corrected chi connectivity index (χ3v) is 3.87. The molecule has 0 fully saturated rings. The van der Waals surface area contributed by atoms with E-state index in [1.165, 1.54) is 6.92 Å². The van der Waals surface area contributed by atoms with Crippen molar-refractivity contribution in [2.45, 2.75) is 45.8 Å². The van der Waals surface area contributed by atoms with Gasteiger partial charge in [-0.3, -0.25) is 4.79 Å². The summed E-state index contributed by atoms with van der Waals surface area (Å²) in [4.78, 5) is 27.6. The Morgan fingerprint density at radius 2 is 1.96 bits per heavy atom. The van der Waals surface area contributed by atoms with Crippen LogP contribution in [0.4, 0.5) is 0 Å². The van der Waals surface area contributed by atoms with Crippen LogP contribution in [0.5, 0.6) is 5.75 Å². The molecule has 2 N–H and O–H groups in total. The molecule has 1 amide bonds. The number of nitrogens with one attached hydrogen (secondary N) is 1. The van der Waals surface area contributed by atoms with E-state index in [9.17, 15) is 14.7 Å². The molecule has 1 aromatic carbocycles. The molecule has 134 valence electrons. The van der Waals surface area contributed by atoms with Crippen LogP contribution < -0.4 is 10.1 Å². The molecular weight excluding hydrogens is 326 g/mol. The van der Waals surface area contributed by atoms with E-state index in [0.717, 1.165) is 0 Å². The average molecular weight is 347 g/mol. The predicted octanol–water partition coefficient (Wildman–Crippen LogP) is 2.19. The van der Waals surface area contributed by atoms with Gasteiger partial charge in [0.1, 0.15) is 11.3 Å². The van der Waals surface area contributed by atoms with E-state index in [1.807, 2.05) is 6.92 Å². The maximum Gasteiger partial charge on any atom is 0.329 e. The number of hydrogen-bond acceptors (Lipinski definition) is 6. The molecule has 2 rings (SSSR count). The summed E-state index contributed by atoms with van der Waals surface area (Å²) in [6.07, 6.45) is 0.934. The number of benzene rings is 1. The van der Waals surface area contributed by atoms with E-state index in [2.05, 4.69) is 15.5 Å². The van der Waals surface area contributed by atoms with Gasteiger partial charge in [-0.1, -0.05) is 19.0 Å². The highest BCUT2D eigenvalue weighted by Crippen LogP contribution is 2.16.